The van der Waals surface area contributed by atoms with Crippen molar-refractivity contribution >= 4 is 17.5 Å². The monoisotopic (exact) mass is 462 g/mol. The highest BCUT2D eigenvalue weighted by Crippen LogP contribution is 2.32. The second-order valence-electron chi connectivity index (χ2n) is 8.12. The molecule has 33 heavy (non-hydrogen) atoms. The molecule has 0 saturated carbocycles. The molecule has 2 aliphatic rings. The average molecular weight is 462 g/mol. The minimum absolute atomic E-state index is 0.0188. The summed E-state index contributed by atoms with van der Waals surface area (Å²) in [6.07, 6.45) is -5.06. The molecule has 4 rings (SSSR count). The highest BCUT2D eigenvalue weighted by atomic mass is 19.4. The number of fused-ring (bicyclic) bond motifs is 1. The van der Waals surface area contributed by atoms with Gasteiger partial charge in [0, 0.05) is 18.0 Å². The predicted molar refractivity (Wildman–Crippen MR) is 109 cm³/mol. The molecule has 2 saturated heterocycles. The van der Waals surface area contributed by atoms with Gasteiger partial charge in [-0.25, -0.2) is 0 Å². The lowest BCUT2D eigenvalue weighted by Gasteiger charge is -2.23. The van der Waals surface area contributed by atoms with Gasteiger partial charge in [0.1, 0.15) is 18.6 Å². The second kappa shape index (κ2) is 8.95. The number of carbonyl (C=O) groups is 3. The summed E-state index contributed by atoms with van der Waals surface area (Å²) in [6, 6.07) is 8.76. The zero-order valence-electron chi connectivity index (χ0n) is 17.3. The fourth-order valence-corrected chi connectivity index (χ4v) is 4.26. The molecule has 174 valence electrons. The van der Waals surface area contributed by atoms with Gasteiger partial charge in [0.05, 0.1) is 17.5 Å². The molecule has 0 aromatic heterocycles. The molecule has 2 fully saturated rings. The molecule has 1 amide bonds. The molecule has 7 nitrogen and oxygen atoms in total. The van der Waals surface area contributed by atoms with Crippen LogP contribution in [0.25, 0.3) is 0 Å². The maximum atomic E-state index is 13.4. The van der Waals surface area contributed by atoms with Crippen LogP contribution in [0.2, 0.25) is 0 Å². The van der Waals surface area contributed by atoms with Crippen molar-refractivity contribution < 1.29 is 37.4 Å². The smallest absolute Gasteiger partial charge is 0.416 e. The fraction of sp³-hybridized carbons (Fsp3) is 0.348. The second-order valence-corrected chi connectivity index (χ2v) is 8.12. The van der Waals surface area contributed by atoms with Crippen LogP contribution in [0.3, 0.4) is 0 Å². The molecule has 2 aromatic rings. The normalized spacial score (nSPS) is 23.2. The maximum Gasteiger partial charge on any atom is 0.416 e. The van der Waals surface area contributed by atoms with Crippen molar-refractivity contribution in [1.29, 1.82) is 0 Å². The van der Waals surface area contributed by atoms with Gasteiger partial charge >= 0.3 is 6.18 Å². The standard InChI is InChI=1S/C23H21F3N2O5/c24-23(25,26)14-6-4-13(5-7-14)21(32)28-17(9-12-2-1-3-15(29)8-12)20(31)16-10-27-22-19(16)18(30)11-33-22/h1-8,16-17,19,22,27,29H,9-11H2,(H,28,32). The lowest BCUT2D eigenvalue weighted by atomic mass is 9.84. The molecular formula is C23H21F3N2O5. The number of hydrogen-bond donors (Lipinski definition) is 3. The minimum atomic E-state index is -4.54. The number of phenolic OH excluding ortho intramolecular Hbond substituents is 1. The van der Waals surface area contributed by atoms with E-state index >= 15 is 0 Å². The van der Waals surface area contributed by atoms with E-state index in [1.54, 1.807) is 12.1 Å². The number of carbonyl (C=O) groups excluding carboxylic acids is 3. The third-order valence-electron chi connectivity index (χ3n) is 5.91. The number of phenols is 1. The highest BCUT2D eigenvalue weighted by molar-refractivity contribution is 6.00. The van der Waals surface area contributed by atoms with E-state index in [9.17, 15) is 32.7 Å². The van der Waals surface area contributed by atoms with Crippen LogP contribution in [-0.4, -0.2) is 48.0 Å². The number of rotatable bonds is 6. The molecule has 0 spiro atoms. The third kappa shape index (κ3) is 4.91. The number of Topliss-reactive ketones (excluding diaryl/α,β-unsaturated/α-hetero) is 2. The molecule has 10 heteroatoms. The number of alkyl halides is 3. The summed E-state index contributed by atoms with van der Waals surface area (Å²) in [7, 11) is 0. The topological polar surface area (TPSA) is 105 Å². The fourth-order valence-electron chi connectivity index (χ4n) is 4.26. The summed E-state index contributed by atoms with van der Waals surface area (Å²) in [4.78, 5) is 38.4. The molecular weight excluding hydrogens is 441 g/mol. The van der Waals surface area contributed by atoms with E-state index in [0.717, 1.165) is 24.3 Å². The summed E-state index contributed by atoms with van der Waals surface area (Å²) < 4.78 is 43.8. The average Bonchev–Trinajstić information content (AvgIpc) is 3.35. The molecule has 0 radical (unpaired) electrons. The first-order valence-electron chi connectivity index (χ1n) is 10.3. The van der Waals surface area contributed by atoms with Gasteiger partial charge in [-0.3, -0.25) is 19.7 Å². The van der Waals surface area contributed by atoms with E-state index < -0.39 is 47.5 Å². The Hall–Kier alpha value is -3.24. The molecule has 4 atom stereocenters. The lowest BCUT2D eigenvalue weighted by Crippen LogP contribution is -2.47. The Labute approximate surface area is 186 Å². The van der Waals surface area contributed by atoms with Crippen molar-refractivity contribution in [2.75, 3.05) is 13.2 Å². The molecule has 2 heterocycles. The zero-order chi connectivity index (χ0) is 23.8. The van der Waals surface area contributed by atoms with Gasteiger partial charge in [0.2, 0.25) is 0 Å². The summed E-state index contributed by atoms with van der Waals surface area (Å²) in [6.45, 7) is 0.105. The van der Waals surface area contributed by atoms with Gasteiger partial charge in [-0.15, -0.1) is 0 Å². The summed E-state index contributed by atoms with van der Waals surface area (Å²) in [5.41, 5.74) is -0.369. The van der Waals surface area contributed by atoms with E-state index in [1.807, 2.05) is 0 Å². The Kier molecular flexibility index (Phi) is 6.22. The number of aromatic hydroxyl groups is 1. The molecule has 3 N–H and O–H groups in total. The predicted octanol–water partition coefficient (Wildman–Crippen LogP) is 2.08. The van der Waals surface area contributed by atoms with Gasteiger partial charge in [-0.2, -0.15) is 13.2 Å². The van der Waals surface area contributed by atoms with Crippen LogP contribution >= 0.6 is 0 Å². The number of halogens is 3. The Morgan fingerprint density at radius 1 is 1.18 bits per heavy atom. The number of nitrogens with one attached hydrogen (secondary N) is 2. The van der Waals surface area contributed by atoms with Gasteiger partial charge in [-0.1, -0.05) is 12.1 Å². The van der Waals surface area contributed by atoms with Gasteiger partial charge in [0.15, 0.2) is 11.6 Å². The maximum absolute atomic E-state index is 13.4. The first-order valence-corrected chi connectivity index (χ1v) is 10.3. The van der Waals surface area contributed by atoms with Crippen molar-refractivity contribution in [2.24, 2.45) is 11.8 Å². The number of benzene rings is 2. The minimum Gasteiger partial charge on any atom is -0.508 e. The Bertz CT molecular complexity index is 1070. The van der Waals surface area contributed by atoms with Crippen LogP contribution in [0.1, 0.15) is 21.5 Å². The van der Waals surface area contributed by atoms with Crippen molar-refractivity contribution in [3.8, 4) is 5.75 Å². The van der Waals surface area contributed by atoms with Crippen LogP contribution in [0, 0.1) is 11.8 Å². The molecule has 4 unspecified atom stereocenters. The molecule has 2 aromatic carbocycles. The number of ether oxygens (including phenoxy) is 1. The van der Waals surface area contributed by atoms with E-state index in [4.69, 9.17) is 4.74 Å². The Balaban J connectivity index is 1.56. The SMILES string of the molecule is O=C(NC(Cc1cccc(O)c1)C(=O)C1CNC2OCC(=O)C21)c1ccc(C(F)(F)F)cc1. The van der Waals surface area contributed by atoms with Crippen LogP contribution in [-0.2, 0) is 26.9 Å². The quantitative estimate of drug-likeness (QED) is 0.607. The molecule has 0 aliphatic carbocycles. The van der Waals surface area contributed by atoms with Crippen molar-refractivity contribution in [1.82, 2.24) is 10.6 Å². The van der Waals surface area contributed by atoms with Crippen molar-refractivity contribution in [3.05, 3.63) is 65.2 Å². The number of amides is 1. The Morgan fingerprint density at radius 2 is 1.91 bits per heavy atom. The number of ketones is 2. The van der Waals surface area contributed by atoms with Crippen LogP contribution in [0.15, 0.2) is 48.5 Å². The van der Waals surface area contributed by atoms with E-state index in [1.165, 1.54) is 12.1 Å². The van der Waals surface area contributed by atoms with Gasteiger partial charge in [0.25, 0.3) is 5.91 Å². The summed E-state index contributed by atoms with van der Waals surface area (Å²) >= 11 is 0. The Morgan fingerprint density at radius 3 is 2.58 bits per heavy atom. The van der Waals surface area contributed by atoms with Crippen molar-refractivity contribution in [3.63, 3.8) is 0 Å². The number of hydrogen-bond acceptors (Lipinski definition) is 6. The molecule has 2 aliphatic heterocycles. The van der Waals surface area contributed by atoms with Gasteiger partial charge in [-0.05, 0) is 48.4 Å². The lowest BCUT2D eigenvalue weighted by molar-refractivity contribution is -0.137. The van der Waals surface area contributed by atoms with E-state index in [0.29, 0.717) is 5.56 Å². The van der Waals surface area contributed by atoms with E-state index in [-0.39, 0.29) is 36.7 Å². The molecule has 0 bridgehead atoms. The summed E-state index contributed by atoms with van der Waals surface area (Å²) in [5.74, 6) is -2.72. The highest BCUT2D eigenvalue weighted by Gasteiger charge is 2.50. The van der Waals surface area contributed by atoms with Crippen molar-refractivity contribution in [2.45, 2.75) is 24.9 Å². The van der Waals surface area contributed by atoms with Crippen LogP contribution < -0.4 is 10.6 Å². The van der Waals surface area contributed by atoms with Gasteiger partial charge < -0.3 is 15.2 Å². The third-order valence-corrected chi connectivity index (χ3v) is 5.91. The van der Waals surface area contributed by atoms with Crippen LogP contribution in [0.4, 0.5) is 13.2 Å². The van der Waals surface area contributed by atoms with E-state index in [2.05, 4.69) is 10.6 Å². The zero-order valence-corrected chi connectivity index (χ0v) is 17.3. The first-order chi connectivity index (χ1) is 15.6. The largest absolute Gasteiger partial charge is 0.508 e. The first kappa shape index (κ1) is 22.9. The van der Waals surface area contributed by atoms with Crippen LogP contribution in [0.5, 0.6) is 5.75 Å². The summed E-state index contributed by atoms with van der Waals surface area (Å²) in [5, 5.41) is 15.3.